The molecule has 1 heterocycles. The van der Waals surface area contributed by atoms with Crippen LogP contribution < -0.4 is 5.32 Å². The largest absolute Gasteiger partial charge is 0.444 e. The van der Waals surface area contributed by atoms with E-state index in [0.29, 0.717) is 19.4 Å². The standard InChI is InChI=1S/C16H23FN2O4S/c1-16(2,3)23-15(20)18-13-5-4-10-19(11-13)24(21,22)14-8-6-12(17)7-9-14/h6-9,13H,4-5,10-11H2,1-3H3,(H,18,20). The molecule has 0 spiro atoms. The second-order valence-corrected chi connectivity index (χ2v) is 8.74. The molecule has 0 aromatic heterocycles. The molecule has 1 aromatic carbocycles. The zero-order chi connectivity index (χ0) is 18.0. The molecule has 1 saturated heterocycles. The minimum Gasteiger partial charge on any atom is -0.444 e. The van der Waals surface area contributed by atoms with Gasteiger partial charge in [0.1, 0.15) is 11.4 Å². The normalized spacial score (nSPS) is 19.8. The summed E-state index contributed by atoms with van der Waals surface area (Å²) >= 11 is 0. The number of benzene rings is 1. The topological polar surface area (TPSA) is 75.7 Å². The summed E-state index contributed by atoms with van der Waals surface area (Å²) in [6.45, 7) is 5.82. The van der Waals surface area contributed by atoms with Crippen LogP contribution in [0.1, 0.15) is 33.6 Å². The van der Waals surface area contributed by atoms with Gasteiger partial charge in [0.2, 0.25) is 10.0 Å². The van der Waals surface area contributed by atoms with E-state index in [2.05, 4.69) is 5.32 Å². The lowest BCUT2D eigenvalue weighted by molar-refractivity contribution is 0.0487. The van der Waals surface area contributed by atoms with E-state index in [-0.39, 0.29) is 17.5 Å². The molecule has 0 bridgehead atoms. The van der Waals surface area contributed by atoms with E-state index < -0.39 is 27.5 Å². The van der Waals surface area contributed by atoms with Crippen LogP contribution >= 0.6 is 0 Å². The second kappa shape index (κ2) is 7.06. The predicted octanol–water partition coefficient (Wildman–Crippen LogP) is 2.50. The summed E-state index contributed by atoms with van der Waals surface area (Å²) in [6, 6.07) is 4.41. The fourth-order valence-corrected chi connectivity index (χ4v) is 4.03. The highest BCUT2D eigenvalue weighted by Crippen LogP contribution is 2.21. The Morgan fingerprint density at radius 2 is 1.92 bits per heavy atom. The first kappa shape index (κ1) is 18.7. The highest BCUT2D eigenvalue weighted by Gasteiger charge is 2.31. The number of alkyl carbamates (subject to hydrolysis) is 1. The molecule has 0 aliphatic carbocycles. The summed E-state index contributed by atoms with van der Waals surface area (Å²) in [5, 5.41) is 2.71. The Morgan fingerprint density at radius 3 is 2.50 bits per heavy atom. The summed E-state index contributed by atoms with van der Waals surface area (Å²) in [7, 11) is -3.71. The molecule has 1 aliphatic heterocycles. The maximum absolute atomic E-state index is 13.0. The summed E-state index contributed by atoms with van der Waals surface area (Å²) in [5.41, 5.74) is -0.612. The summed E-state index contributed by atoms with van der Waals surface area (Å²) < 4.78 is 44.7. The van der Waals surface area contributed by atoms with Crippen LogP contribution in [0.2, 0.25) is 0 Å². The smallest absolute Gasteiger partial charge is 0.407 e. The molecule has 1 aliphatic rings. The highest BCUT2D eigenvalue weighted by atomic mass is 32.2. The Bertz CT molecular complexity index is 683. The molecule has 6 nitrogen and oxygen atoms in total. The molecular formula is C16H23FN2O4S. The van der Waals surface area contributed by atoms with Crippen LogP contribution in [-0.2, 0) is 14.8 Å². The minimum atomic E-state index is -3.71. The molecule has 0 saturated carbocycles. The molecule has 1 amide bonds. The molecule has 1 atom stereocenters. The zero-order valence-electron chi connectivity index (χ0n) is 14.1. The van der Waals surface area contributed by atoms with Gasteiger partial charge in [0, 0.05) is 19.1 Å². The molecule has 1 unspecified atom stereocenters. The van der Waals surface area contributed by atoms with Gasteiger partial charge in [0.05, 0.1) is 4.90 Å². The zero-order valence-corrected chi connectivity index (χ0v) is 14.9. The van der Waals surface area contributed by atoms with E-state index in [1.807, 2.05) is 0 Å². The van der Waals surface area contributed by atoms with Crippen LogP contribution in [0.15, 0.2) is 29.2 Å². The highest BCUT2D eigenvalue weighted by molar-refractivity contribution is 7.89. The average Bonchev–Trinajstić information content (AvgIpc) is 2.46. The van der Waals surface area contributed by atoms with Gasteiger partial charge >= 0.3 is 6.09 Å². The van der Waals surface area contributed by atoms with E-state index in [1.54, 1.807) is 20.8 Å². The number of amides is 1. The molecule has 134 valence electrons. The van der Waals surface area contributed by atoms with Gasteiger partial charge in [-0.1, -0.05) is 0 Å². The van der Waals surface area contributed by atoms with Crippen molar-refractivity contribution >= 4 is 16.1 Å². The number of halogens is 1. The number of hydrogen-bond acceptors (Lipinski definition) is 4. The lowest BCUT2D eigenvalue weighted by Crippen LogP contribution is -2.50. The van der Waals surface area contributed by atoms with Gasteiger partial charge in [0.25, 0.3) is 0 Å². The second-order valence-electron chi connectivity index (χ2n) is 6.80. The Morgan fingerprint density at radius 1 is 1.29 bits per heavy atom. The van der Waals surface area contributed by atoms with Gasteiger partial charge in [-0.3, -0.25) is 0 Å². The Kier molecular flexibility index (Phi) is 5.49. The predicted molar refractivity (Wildman–Crippen MR) is 87.6 cm³/mol. The lowest BCUT2D eigenvalue weighted by atomic mass is 10.1. The number of rotatable bonds is 3. The summed E-state index contributed by atoms with van der Waals surface area (Å²) in [5.74, 6) is -0.489. The van der Waals surface area contributed by atoms with Gasteiger partial charge in [-0.2, -0.15) is 4.31 Å². The van der Waals surface area contributed by atoms with Crippen LogP contribution in [0.4, 0.5) is 9.18 Å². The molecule has 2 rings (SSSR count). The van der Waals surface area contributed by atoms with E-state index in [1.165, 1.54) is 16.4 Å². The Labute approximate surface area is 142 Å². The van der Waals surface area contributed by atoms with Gasteiger partial charge in [-0.05, 0) is 57.9 Å². The first-order valence-corrected chi connectivity index (χ1v) is 9.27. The number of hydrogen-bond donors (Lipinski definition) is 1. The van der Waals surface area contributed by atoms with Crippen molar-refractivity contribution in [1.29, 1.82) is 0 Å². The number of sulfonamides is 1. The van der Waals surface area contributed by atoms with Crippen molar-refractivity contribution in [2.75, 3.05) is 13.1 Å². The Hall–Kier alpha value is -1.67. The van der Waals surface area contributed by atoms with Crippen LogP contribution in [0.5, 0.6) is 0 Å². The van der Waals surface area contributed by atoms with Gasteiger partial charge in [0.15, 0.2) is 0 Å². The first-order valence-electron chi connectivity index (χ1n) is 7.83. The first-order chi connectivity index (χ1) is 11.1. The van der Waals surface area contributed by atoms with Crippen molar-refractivity contribution in [2.24, 2.45) is 0 Å². The summed E-state index contributed by atoms with van der Waals surface area (Å²) in [4.78, 5) is 11.9. The monoisotopic (exact) mass is 358 g/mol. The molecule has 1 fully saturated rings. The third kappa shape index (κ3) is 4.91. The van der Waals surface area contributed by atoms with Crippen LogP contribution in [0.25, 0.3) is 0 Å². The molecule has 24 heavy (non-hydrogen) atoms. The van der Waals surface area contributed by atoms with Crippen LogP contribution in [0, 0.1) is 5.82 Å². The van der Waals surface area contributed by atoms with Crippen LogP contribution in [-0.4, -0.2) is 43.5 Å². The molecule has 0 radical (unpaired) electrons. The minimum absolute atomic E-state index is 0.0434. The fraction of sp³-hybridized carbons (Fsp3) is 0.562. The number of nitrogens with zero attached hydrogens (tertiary/aromatic N) is 1. The molecular weight excluding hydrogens is 335 g/mol. The van der Waals surface area contributed by atoms with Crippen LogP contribution in [0.3, 0.4) is 0 Å². The van der Waals surface area contributed by atoms with Gasteiger partial charge in [-0.15, -0.1) is 0 Å². The fourth-order valence-electron chi connectivity index (χ4n) is 2.51. The van der Waals surface area contributed by atoms with Crippen molar-refractivity contribution in [3.8, 4) is 0 Å². The number of carbonyl (C=O) groups is 1. The summed E-state index contributed by atoms with van der Waals surface area (Å²) in [6.07, 6.45) is 0.740. The molecule has 1 aromatic rings. The van der Waals surface area contributed by atoms with Crippen molar-refractivity contribution < 1.29 is 22.3 Å². The maximum atomic E-state index is 13.0. The van der Waals surface area contributed by atoms with E-state index in [4.69, 9.17) is 4.74 Å². The number of ether oxygens (including phenoxy) is 1. The SMILES string of the molecule is CC(C)(C)OC(=O)NC1CCCN(S(=O)(=O)c2ccc(F)cc2)C1. The quantitative estimate of drug-likeness (QED) is 0.901. The number of piperidine rings is 1. The lowest BCUT2D eigenvalue weighted by Gasteiger charge is -2.32. The van der Waals surface area contributed by atoms with Gasteiger partial charge < -0.3 is 10.1 Å². The average molecular weight is 358 g/mol. The van der Waals surface area contributed by atoms with E-state index >= 15 is 0 Å². The third-order valence-electron chi connectivity index (χ3n) is 3.56. The van der Waals surface area contributed by atoms with Crippen molar-refractivity contribution in [3.05, 3.63) is 30.1 Å². The Balaban J connectivity index is 2.04. The van der Waals surface area contributed by atoms with E-state index in [0.717, 1.165) is 12.1 Å². The van der Waals surface area contributed by atoms with Gasteiger partial charge in [-0.25, -0.2) is 17.6 Å². The van der Waals surface area contributed by atoms with Crippen molar-refractivity contribution in [1.82, 2.24) is 9.62 Å². The van der Waals surface area contributed by atoms with Crippen molar-refractivity contribution in [3.63, 3.8) is 0 Å². The maximum Gasteiger partial charge on any atom is 0.407 e. The van der Waals surface area contributed by atoms with Crippen molar-refractivity contribution in [2.45, 2.75) is 50.2 Å². The van der Waals surface area contributed by atoms with E-state index in [9.17, 15) is 17.6 Å². The molecule has 8 heteroatoms. The number of carbonyl (C=O) groups excluding carboxylic acids is 1. The third-order valence-corrected chi connectivity index (χ3v) is 5.44. The molecule has 1 N–H and O–H groups in total. The number of nitrogens with one attached hydrogen (secondary N) is 1.